The number of aromatic nitrogens is 2. The fourth-order valence-corrected chi connectivity index (χ4v) is 3.62. The Labute approximate surface area is 110 Å². The van der Waals surface area contributed by atoms with E-state index in [1.807, 2.05) is 11.6 Å². The van der Waals surface area contributed by atoms with Crippen molar-refractivity contribution in [3.8, 4) is 0 Å². The summed E-state index contributed by atoms with van der Waals surface area (Å²) in [6.45, 7) is 2.79. The molecule has 3 nitrogen and oxygen atoms in total. The lowest BCUT2D eigenvalue weighted by molar-refractivity contribution is 0.586. The van der Waals surface area contributed by atoms with E-state index in [0.29, 0.717) is 0 Å². The van der Waals surface area contributed by atoms with E-state index in [2.05, 4.69) is 27.8 Å². The Balaban J connectivity index is 2.78. The van der Waals surface area contributed by atoms with Gasteiger partial charge in [-0.25, -0.2) is 4.98 Å². The highest BCUT2D eigenvalue weighted by Crippen LogP contribution is 2.27. The molecule has 0 aliphatic heterocycles. The van der Waals surface area contributed by atoms with Gasteiger partial charge in [-0.1, -0.05) is 18.7 Å². The van der Waals surface area contributed by atoms with Crippen LogP contribution in [0.4, 0.5) is 0 Å². The van der Waals surface area contributed by atoms with E-state index in [0.717, 1.165) is 32.8 Å². The van der Waals surface area contributed by atoms with Crippen molar-refractivity contribution in [1.29, 1.82) is 0 Å². The first kappa shape index (κ1) is 12.1. The van der Waals surface area contributed by atoms with E-state index in [1.165, 1.54) is 23.1 Å². The Morgan fingerprint density at radius 1 is 1.62 bits per heavy atom. The average Bonchev–Trinajstić information content (AvgIpc) is 2.64. The minimum absolute atomic E-state index is 0.0758. The van der Waals surface area contributed by atoms with Gasteiger partial charge in [-0.05, 0) is 28.6 Å². The van der Waals surface area contributed by atoms with E-state index in [4.69, 9.17) is 0 Å². The minimum atomic E-state index is 0.0758. The fourth-order valence-electron chi connectivity index (χ4n) is 1.53. The lowest BCUT2D eigenvalue weighted by Crippen LogP contribution is -2.22. The number of nitrogens with zero attached hydrogens (tertiary/aromatic N) is 2. The van der Waals surface area contributed by atoms with Gasteiger partial charge in [0.25, 0.3) is 5.56 Å². The molecule has 0 saturated heterocycles. The number of thiophene rings is 1. The van der Waals surface area contributed by atoms with Gasteiger partial charge in [0.2, 0.25) is 0 Å². The average molecular weight is 319 g/mol. The highest BCUT2D eigenvalue weighted by Gasteiger charge is 2.13. The molecule has 6 heteroatoms. The highest BCUT2D eigenvalue weighted by molar-refractivity contribution is 9.10. The number of hydrogen-bond acceptors (Lipinski definition) is 4. The van der Waals surface area contributed by atoms with E-state index in [-0.39, 0.29) is 5.56 Å². The zero-order chi connectivity index (χ0) is 11.7. The molecule has 2 rings (SSSR count). The summed E-state index contributed by atoms with van der Waals surface area (Å²) in [6.07, 6.45) is 2.88. The maximum absolute atomic E-state index is 12.2. The molecule has 0 unspecified atom stereocenters. The molecule has 0 atom stereocenters. The largest absolute Gasteiger partial charge is 0.286 e. The van der Waals surface area contributed by atoms with Crippen LogP contribution in [0.5, 0.6) is 0 Å². The quantitative estimate of drug-likeness (QED) is 0.643. The maximum atomic E-state index is 12.2. The third kappa shape index (κ3) is 1.94. The second-order valence-electron chi connectivity index (χ2n) is 3.32. The van der Waals surface area contributed by atoms with Crippen LogP contribution in [0.25, 0.3) is 10.2 Å². The summed E-state index contributed by atoms with van der Waals surface area (Å²) >= 11 is 6.38. The number of hydrogen-bond donors (Lipinski definition) is 0. The van der Waals surface area contributed by atoms with Gasteiger partial charge in [-0.15, -0.1) is 11.3 Å². The van der Waals surface area contributed by atoms with Crippen molar-refractivity contribution in [2.24, 2.45) is 0 Å². The molecule has 0 radical (unpaired) electrons. The Bertz CT molecular complexity index is 576. The van der Waals surface area contributed by atoms with E-state index in [1.54, 1.807) is 4.57 Å². The van der Waals surface area contributed by atoms with Crippen LogP contribution < -0.4 is 5.56 Å². The van der Waals surface area contributed by atoms with Gasteiger partial charge in [0, 0.05) is 11.9 Å². The van der Waals surface area contributed by atoms with Crippen LogP contribution in [0.15, 0.2) is 19.8 Å². The first-order valence-corrected chi connectivity index (χ1v) is 7.80. The zero-order valence-corrected chi connectivity index (χ0v) is 12.2. The van der Waals surface area contributed by atoms with Crippen LogP contribution in [-0.2, 0) is 6.54 Å². The molecule has 0 aliphatic rings. The molecular weight excluding hydrogens is 308 g/mol. The molecule has 2 heterocycles. The van der Waals surface area contributed by atoms with Crippen LogP contribution in [0, 0.1) is 0 Å². The van der Waals surface area contributed by atoms with Gasteiger partial charge in [-0.3, -0.25) is 9.36 Å². The second kappa shape index (κ2) is 4.89. The first-order valence-electron chi connectivity index (χ1n) is 4.90. The summed E-state index contributed by atoms with van der Waals surface area (Å²) in [6, 6.07) is 0. The van der Waals surface area contributed by atoms with Crippen LogP contribution >= 0.6 is 39.0 Å². The van der Waals surface area contributed by atoms with Crippen molar-refractivity contribution >= 4 is 49.2 Å². The molecule has 0 saturated carbocycles. The monoisotopic (exact) mass is 318 g/mol. The standard InChI is InChI=1S/C10H11BrN2OS2/c1-3-4-13-9(14)8-7(6(11)5-16-8)12-10(13)15-2/h5H,3-4H2,1-2H3. The molecule has 0 N–H and O–H groups in total. The van der Waals surface area contributed by atoms with Crippen LogP contribution in [0.2, 0.25) is 0 Å². The normalized spacial score (nSPS) is 11.2. The van der Waals surface area contributed by atoms with Crippen molar-refractivity contribution in [3.05, 3.63) is 20.2 Å². The Morgan fingerprint density at radius 2 is 2.38 bits per heavy atom. The minimum Gasteiger partial charge on any atom is -0.286 e. The van der Waals surface area contributed by atoms with E-state index in [9.17, 15) is 4.79 Å². The van der Waals surface area contributed by atoms with Crippen LogP contribution in [0.1, 0.15) is 13.3 Å². The molecule has 0 bridgehead atoms. The zero-order valence-electron chi connectivity index (χ0n) is 8.99. The van der Waals surface area contributed by atoms with E-state index < -0.39 is 0 Å². The Hall–Kier alpha value is -0.330. The number of thioether (sulfide) groups is 1. The van der Waals surface area contributed by atoms with Gasteiger partial charge in [0.1, 0.15) is 10.2 Å². The predicted molar refractivity (Wildman–Crippen MR) is 73.7 cm³/mol. The number of rotatable bonds is 3. The summed E-state index contributed by atoms with van der Waals surface area (Å²) in [5, 5.41) is 2.71. The lowest BCUT2D eigenvalue weighted by Gasteiger charge is -2.08. The number of halogens is 1. The maximum Gasteiger partial charge on any atom is 0.272 e. The van der Waals surface area contributed by atoms with Crippen molar-refractivity contribution in [3.63, 3.8) is 0 Å². The van der Waals surface area contributed by atoms with Gasteiger partial charge in [-0.2, -0.15) is 0 Å². The SMILES string of the molecule is CCCn1c(SC)nc2c(Br)csc2c1=O. The lowest BCUT2D eigenvalue weighted by atomic mass is 10.4. The van der Waals surface area contributed by atoms with Gasteiger partial charge in [0.05, 0.1) is 4.47 Å². The summed E-state index contributed by atoms with van der Waals surface area (Å²) < 4.78 is 3.40. The van der Waals surface area contributed by atoms with Crippen LogP contribution in [-0.4, -0.2) is 15.8 Å². The summed E-state index contributed by atoms with van der Waals surface area (Å²) in [5.74, 6) is 0. The molecule has 0 amide bonds. The van der Waals surface area contributed by atoms with Crippen molar-refractivity contribution < 1.29 is 0 Å². The highest BCUT2D eigenvalue weighted by atomic mass is 79.9. The molecular formula is C10H11BrN2OS2. The molecule has 0 aliphatic carbocycles. The molecule has 0 spiro atoms. The summed E-state index contributed by atoms with van der Waals surface area (Å²) in [5.41, 5.74) is 0.860. The molecule has 2 aromatic rings. The Morgan fingerprint density at radius 3 is 3.00 bits per heavy atom. The van der Waals surface area contributed by atoms with E-state index >= 15 is 0 Å². The third-order valence-corrected chi connectivity index (χ3v) is 4.77. The Kier molecular flexibility index (Phi) is 3.71. The molecule has 0 fully saturated rings. The van der Waals surface area contributed by atoms with Gasteiger partial charge >= 0.3 is 0 Å². The third-order valence-electron chi connectivity index (χ3n) is 2.23. The first-order chi connectivity index (χ1) is 7.69. The summed E-state index contributed by atoms with van der Waals surface area (Å²) in [7, 11) is 0. The second-order valence-corrected chi connectivity index (χ2v) is 5.82. The molecule has 86 valence electrons. The van der Waals surface area contributed by atoms with Crippen molar-refractivity contribution in [2.45, 2.75) is 25.0 Å². The fraction of sp³-hybridized carbons (Fsp3) is 0.400. The molecule has 16 heavy (non-hydrogen) atoms. The smallest absolute Gasteiger partial charge is 0.272 e. The molecule has 0 aromatic carbocycles. The molecule has 2 aromatic heterocycles. The van der Waals surface area contributed by atoms with Crippen LogP contribution in [0.3, 0.4) is 0 Å². The summed E-state index contributed by atoms with van der Waals surface area (Å²) in [4.78, 5) is 16.7. The van der Waals surface area contributed by atoms with Gasteiger partial charge < -0.3 is 0 Å². The van der Waals surface area contributed by atoms with Crippen molar-refractivity contribution in [1.82, 2.24) is 9.55 Å². The predicted octanol–water partition coefficient (Wildman–Crippen LogP) is 3.35. The number of fused-ring (bicyclic) bond motifs is 1. The topological polar surface area (TPSA) is 34.9 Å². The van der Waals surface area contributed by atoms with Gasteiger partial charge in [0.15, 0.2) is 5.16 Å². The van der Waals surface area contributed by atoms with Crippen molar-refractivity contribution in [2.75, 3.05) is 6.26 Å².